The molecule has 0 saturated heterocycles. The monoisotopic (exact) mass is 297 g/mol. The molecule has 1 heterocycles. The van der Waals surface area contributed by atoms with Gasteiger partial charge in [-0.3, -0.25) is 10.1 Å². The molecule has 0 spiro atoms. The maximum Gasteiger partial charge on any atom is 0.191 e. The highest BCUT2D eigenvalue weighted by Crippen LogP contribution is 1.89. The van der Waals surface area contributed by atoms with Gasteiger partial charge in [-0.1, -0.05) is 13.3 Å². The number of rotatable bonds is 11. The molecule has 1 aromatic heterocycles. The van der Waals surface area contributed by atoms with Crippen molar-refractivity contribution in [3.63, 3.8) is 0 Å². The average Bonchev–Trinajstić information content (AvgIpc) is 3.02. The molecule has 0 saturated carbocycles. The topological polar surface area (TPSA) is 83.6 Å². The van der Waals surface area contributed by atoms with Crippen molar-refractivity contribution in [2.24, 2.45) is 4.99 Å². The molecular weight excluding hydrogens is 270 g/mol. The molecule has 0 amide bonds. The second-order valence-corrected chi connectivity index (χ2v) is 4.51. The Kier molecular flexibility index (Phi) is 10.1. The Labute approximate surface area is 126 Å². The Balaban J connectivity index is 1.95. The van der Waals surface area contributed by atoms with Gasteiger partial charge in [0.15, 0.2) is 5.96 Å². The fourth-order valence-corrected chi connectivity index (χ4v) is 1.59. The molecule has 0 unspecified atom stereocenters. The van der Waals surface area contributed by atoms with Crippen molar-refractivity contribution in [2.45, 2.75) is 26.3 Å². The van der Waals surface area contributed by atoms with E-state index in [0.29, 0.717) is 32.9 Å². The number of aromatic amines is 1. The number of aromatic nitrogens is 2. The van der Waals surface area contributed by atoms with Crippen molar-refractivity contribution >= 4 is 5.96 Å². The van der Waals surface area contributed by atoms with E-state index in [9.17, 15) is 0 Å². The van der Waals surface area contributed by atoms with Crippen LogP contribution in [0.25, 0.3) is 0 Å². The molecule has 7 nitrogen and oxygen atoms in total. The highest BCUT2D eigenvalue weighted by molar-refractivity contribution is 5.79. The minimum Gasteiger partial charge on any atom is -0.379 e. The number of H-pyrrole nitrogens is 1. The van der Waals surface area contributed by atoms with E-state index in [2.05, 4.69) is 32.7 Å². The molecule has 0 aliphatic rings. The van der Waals surface area contributed by atoms with Gasteiger partial charge in [0, 0.05) is 26.4 Å². The second-order valence-electron chi connectivity index (χ2n) is 4.51. The summed E-state index contributed by atoms with van der Waals surface area (Å²) in [7, 11) is 1.74. The minimum absolute atomic E-state index is 0.627. The van der Waals surface area contributed by atoms with Gasteiger partial charge in [-0.05, 0) is 12.5 Å². The van der Waals surface area contributed by atoms with Gasteiger partial charge in [0.1, 0.15) is 0 Å². The number of hydrogen-bond donors (Lipinski definition) is 3. The number of hydrogen-bond acceptors (Lipinski definition) is 4. The first-order valence-corrected chi connectivity index (χ1v) is 7.45. The Bertz CT molecular complexity index is 367. The largest absolute Gasteiger partial charge is 0.379 e. The summed E-state index contributed by atoms with van der Waals surface area (Å²) in [6.45, 7) is 6.25. The van der Waals surface area contributed by atoms with Crippen LogP contribution in [0.2, 0.25) is 0 Å². The van der Waals surface area contributed by atoms with Crippen molar-refractivity contribution < 1.29 is 9.47 Å². The van der Waals surface area contributed by atoms with E-state index >= 15 is 0 Å². The quantitative estimate of drug-likeness (QED) is 0.321. The van der Waals surface area contributed by atoms with Gasteiger partial charge in [-0.2, -0.15) is 5.10 Å². The molecular formula is C14H27N5O2. The number of nitrogens with zero attached hydrogens (tertiary/aromatic N) is 2. The molecule has 0 bridgehead atoms. The minimum atomic E-state index is 0.627. The number of nitrogens with one attached hydrogen (secondary N) is 3. The molecule has 1 rings (SSSR count). The molecule has 3 N–H and O–H groups in total. The van der Waals surface area contributed by atoms with Crippen LogP contribution in [0.1, 0.15) is 25.5 Å². The van der Waals surface area contributed by atoms with Crippen LogP contribution in [0.4, 0.5) is 0 Å². The van der Waals surface area contributed by atoms with Crippen molar-refractivity contribution in [3.05, 3.63) is 18.0 Å². The molecule has 7 heteroatoms. The summed E-state index contributed by atoms with van der Waals surface area (Å²) in [6.07, 6.45) is 4.00. The number of guanidine groups is 1. The summed E-state index contributed by atoms with van der Waals surface area (Å²) in [5.74, 6) is 0.743. The van der Waals surface area contributed by atoms with E-state index in [4.69, 9.17) is 9.47 Å². The lowest BCUT2D eigenvalue weighted by atomic mass is 10.4. The lowest BCUT2D eigenvalue weighted by molar-refractivity contribution is 0.0487. The Hall–Kier alpha value is -1.60. The SMILES string of the molecule is CCCCOCCOCCNC(=NC)NCc1ccn[nH]1. The predicted molar refractivity (Wildman–Crippen MR) is 83.3 cm³/mol. The van der Waals surface area contributed by atoms with Crippen molar-refractivity contribution in [3.8, 4) is 0 Å². The standard InChI is InChI=1S/C14H27N5O2/c1-3-4-8-20-10-11-21-9-7-16-14(15-2)17-12-13-5-6-18-19-13/h5-6H,3-4,7-12H2,1-2H3,(H,18,19)(H2,15,16,17). The van der Waals surface area contributed by atoms with E-state index in [1.165, 1.54) is 0 Å². The summed E-state index contributed by atoms with van der Waals surface area (Å²) >= 11 is 0. The van der Waals surface area contributed by atoms with Crippen LogP contribution >= 0.6 is 0 Å². The van der Waals surface area contributed by atoms with Crippen LogP contribution < -0.4 is 10.6 Å². The van der Waals surface area contributed by atoms with E-state index in [1.54, 1.807) is 13.2 Å². The molecule has 0 aliphatic carbocycles. The lowest BCUT2D eigenvalue weighted by Gasteiger charge is -2.11. The van der Waals surface area contributed by atoms with Gasteiger partial charge in [0.05, 0.1) is 32.1 Å². The third-order valence-electron chi connectivity index (χ3n) is 2.78. The first-order chi connectivity index (χ1) is 10.4. The van der Waals surface area contributed by atoms with Gasteiger partial charge in [0.2, 0.25) is 0 Å². The maximum absolute atomic E-state index is 5.47. The fraction of sp³-hybridized carbons (Fsp3) is 0.714. The molecule has 0 aliphatic heterocycles. The van der Waals surface area contributed by atoms with Crippen LogP contribution in [0, 0.1) is 0 Å². The van der Waals surface area contributed by atoms with E-state index in [0.717, 1.165) is 31.1 Å². The van der Waals surface area contributed by atoms with Crippen LogP contribution in [0.15, 0.2) is 17.3 Å². The zero-order valence-electron chi connectivity index (χ0n) is 13.0. The fourth-order valence-electron chi connectivity index (χ4n) is 1.59. The third kappa shape index (κ3) is 9.04. The van der Waals surface area contributed by atoms with Crippen LogP contribution in [0.5, 0.6) is 0 Å². The smallest absolute Gasteiger partial charge is 0.191 e. The Morgan fingerprint density at radius 3 is 2.71 bits per heavy atom. The maximum atomic E-state index is 5.47. The van der Waals surface area contributed by atoms with E-state index in [1.807, 2.05) is 6.07 Å². The molecule has 0 atom stereocenters. The van der Waals surface area contributed by atoms with Crippen molar-refractivity contribution in [2.75, 3.05) is 40.0 Å². The Morgan fingerprint density at radius 1 is 1.24 bits per heavy atom. The average molecular weight is 297 g/mol. The molecule has 120 valence electrons. The number of aliphatic imine (C=N–C) groups is 1. The van der Waals surface area contributed by atoms with Gasteiger partial charge in [-0.15, -0.1) is 0 Å². The molecule has 1 aromatic rings. The molecule has 0 aromatic carbocycles. The summed E-state index contributed by atoms with van der Waals surface area (Å²) in [6, 6.07) is 1.92. The zero-order valence-corrected chi connectivity index (χ0v) is 13.0. The van der Waals surface area contributed by atoms with Crippen molar-refractivity contribution in [1.82, 2.24) is 20.8 Å². The molecule has 21 heavy (non-hydrogen) atoms. The van der Waals surface area contributed by atoms with Gasteiger partial charge < -0.3 is 20.1 Å². The van der Waals surface area contributed by atoms with Crippen molar-refractivity contribution in [1.29, 1.82) is 0 Å². The first-order valence-electron chi connectivity index (χ1n) is 7.45. The molecule has 0 radical (unpaired) electrons. The third-order valence-corrected chi connectivity index (χ3v) is 2.78. The Morgan fingerprint density at radius 2 is 2.05 bits per heavy atom. The number of ether oxygens (including phenoxy) is 2. The summed E-state index contributed by atoms with van der Waals surface area (Å²) in [4.78, 5) is 4.14. The number of unbranched alkanes of at least 4 members (excludes halogenated alkanes) is 1. The van der Waals surface area contributed by atoms with Crippen LogP contribution in [0.3, 0.4) is 0 Å². The predicted octanol–water partition coefficient (Wildman–Crippen LogP) is 0.908. The van der Waals surface area contributed by atoms with Gasteiger partial charge in [-0.25, -0.2) is 0 Å². The summed E-state index contributed by atoms with van der Waals surface area (Å²) in [5.41, 5.74) is 1.01. The van der Waals surface area contributed by atoms with Crippen LogP contribution in [-0.4, -0.2) is 56.2 Å². The summed E-state index contributed by atoms with van der Waals surface area (Å²) < 4.78 is 10.9. The zero-order chi connectivity index (χ0) is 15.2. The molecule has 0 fully saturated rings. The summed E-state index contributed by atoms with van der Waals surface area (Å²) in [5, 5.41) is 13.1. The highest BCUT2D eigenvalue weighted by Gasteiger charge is 1.98. The highest BCUT2D eigenvalue weighted by atomic mass is 16.5. The van der Waals surface area contributed by atoms with Crippen LogP contribution in [-0.2, 0) is 16.0 Å². The van der Waals surface area contributed by atoms with E-state index < -0.39 is 0 Å². The van der Waals surface area contributed by atoms with Gasteiger partial charge in [0.25, 0.3) is 0 Å². The lowest BCUT2D eigenvalue weighted by Crippen LogP contribution is -2.38. The van der Waals surface area contributed by atoms with Gasteiger partial charge >= 0.3 is 0 Å². The second kappa shape index (κ2) is 12.2. The van der Waals surface area contributed by atoms with E-state index in [-0.39, 0.29) is 0 Å². The normalized spacial score (nSPS) is 11.6. The first kappa shape index (κ1) is 17.5.